The molecule has 2 aromatic carbocycles. The highest BCUT2D eigenvalue weighted by Crippen LogP contribution is 2.52. The van der Waals surface area contributed by atoms with Crippen molar-refractivity contribution in [3.8, 4) is 0 Å². The molecule has 1 aliphatic heterocycles. The standard InChI is InChI=1S/C24H28ClNO/c1-16-11-12-17(2)22-21(16)18(3)15-24(13-7-4-8-14-24)26(22)23(27)19-9-5-6-10-20(19)25/h5-6,9-12,18H,4,7-8,13-15H2,1-3H3. The summed E-state index contributed by atoms with van der Waals surface area (Å²) >= 11 is 6.45. The Morgan fingerprint density at radius 3 is 2.41 bits per heavy atom. The van der Waals surface area contributed by atoms with Crippen molar-refractivity contribution in [3.63, 3.8) is 0 Å². The molecule has 1 atom stereocenters. The SMILES string of the molecule is Cc1ccc(C)c2c1C(C)CC1(CCCCC1)N2C(=O)c1ccccc1Cl. The normalized spacial score (nSPS) is 21.2. The van der Waals surface area contributed by atoms with Crippen LogP contribution in [0.15, 0.2) is 36.4 Å². The molecule has 0 bridgehead atoms. The van der Waals surface area contributed by atoms with E-state index in [4.69, 9.17) is 11.6 Å². The molecular formula is C24H28ClNO. The molecule has 0 aromatic heterocycles. The Hall–Kier alpha value is -1.80. The number of fused-ring (bicyclic) bond motifs is 1. The van der Waals surface area contributed by atoms with Gasteiger partial charge < -0.3 is 4.90 Å². The zero-order valence-corrected chi connectivity index (χ0v) is 17.3. The maximum atomic E-state index is 13.9. The first kappa shape index (κ1) is 18.6. The molecule has 2 aromatic rings. The van der Waals surface area contributed by atoms with Gasteiger partial charge in [0.2, 0.25) is 0 Å². The van der Waals surface area contributed by atoms with Crippen molar-refractivity contribution in [3.05, 3.63) is 63.7 Å². The van der Waals surface area contributed by atoms with Crippen LogP contribution in [0.2, 0.25) is 5.02 Å². The van der Waals surface area contributed by atoms with E-state index in [9.17, 15) is 4.79 Å². The lowest BCUT2D eigenvalue weighted by molar-refractivity contribution is 0.0919. The van der Waals surface area contributed by atoms with Crippen LogP contribution in [0.25, 0.3) is 0 Å². The van der Waals surface area contributed by atoms with E-state index in [0.29, 0.717) is 16.5 Å². The molecule has 0 saturated heterocycles. The molecule has 1 unspecified atom stereocenters. The summed E-state index contributed by atoms with van der Waals surface area (Å²) < 4.78 is 0. The topological polar surface area (TPSA) is 20.3 Å². The summed E-state index contributed by atoms with van der Waals surface area (Å²) in [4.78, 5) is 16.0. The Labute approximate surface area is 167 Å². The molecule has 4 rings (SSSR count). The smallest absolute Gasteiger partial charge is 0.260 e. The highest BCUT2D eigenvalue weighted by Gasteiger charge is 2.48. The largest absolute Gasteiger partial charge is 0.302 e. The second-order valence-corrected chi connectivity index (χ2v) is 8.88. The fourth-order valence-corrected chi connectivity index (χ4v) is 5.66. The third kappa shape index (κ3) is 2.99. The van der Waals surface area contributed by atoms with Gasteiger partial charge in [0.05, 0.1) is 16.3 Å². The van der Waals surface area contributed by atoms with Crippen molar-refractivity contribution in [1.82, 2.24) is 0 Å². The fraction of sp³-hybridized carbons (Fsp3) is 0.458. The number of carbonyl (C=O) groups excluding carboxylic acids is 1. The lowest BCUT2D eigenvalue weighted by Crippen LogP contribution is -2.57. The van der Waals surface area contributed by atoms with Crippen molar-refractivity contribution in [2.75, 3.05) is 4.90 Å². The van der Waals surface area contributed by atoms with Crippen molar-refractivity contribution in [1.29, 1.82) is 0 Å². The minimum absolute atomic E-state index is 0.0596. The summed E-state index contributed by atoms with van der Waals surface area (Å²) in [6, 6.07) is 11.8. The summed E-state index contributed by atoms with van der Waals surface area (Å²) in [6.45, 7) is 6.64. The number of nitrogens with zero attached hydrogens (tertiary/aromatic N) is 1. The second kappa shape index (κ2) is 6.98. The van der Waals surface area contributed by atoms with Gasteiger partial charge in [0.1, 0.15) is 0 Å². The number of hydrogen-bond donors (Lipinski definition) is 0. The highest BCUT2D eigenvalue weighted by molar-refractivity contribution is 6.34. The van der Waals surface area contributed by atoms with Crippen LogP contribution in [0.5, 0.6) is 0 Å². The van der Waals surface area contributed by atoms with Gasteiger partial charge in [-0.1, -0.05) is 62.1 Å². The van der Waals surface area contributed by atoms with Gasteiger partial charge in [-0.25, -0.2) is 0 Å². The van der Waals surface area contributed by atoms with E-state index in [0.717, 1.165) is 24.9 Å². The molecule has 27 heavy (non-hydrogen) atoms. The van der Waals surface area contributed by atoms with E-state index >= 15 is 0 Å². The molecule has 1 saturated carbocycles. The summed E-state index contributed by atoms with van der Waals surface area (Å²) in [5.41, 5.74) is 5.48. The summed E-state index contributed by atoms with van der Waals surface area (Å²) in [6.07, 6.45) is 6.86. The van der Waals surface area contributed by atoms with E-state index in [2.05, 4.69) is 37.8 Å². The fourth-order valence-electron chi connectivity index (χ4n) is 5.45. The summed E-state index contributed by atoms with van der Waals surface area (Å²) in [5.74, 6) is 0.526. The molecule has 1 spiro atoms. The maximum Gasteiger partial charge on any atom is 0.260 e. The van der Waals surface area contributed by atoms with Crippen LogP contribution in [0.4, 0.5) is 5.69 Å². The molecule has 1 heterocycles. The Morgan fingerprint density at radius 1 is 1.04 bits per heavy atom. The minimum Gasteiger partial charge on any atom is -0.302 e. The van der Waals surface area contributed by atoms with E-state index in [1.807, 2.05) is 24.3 Å². The van der Waals surface area contributed by atoms with E-state index in [1.165, 1.54) is 36.0 Å². The quantitative estimate of drug-likeness (QED) is 0.531. The Kier molecular flexibility index (Phi) is 4.80. The molecule has 142 valence electrons. The summed E-state index contributed by atoms with van der Waals surface area (Å²) in [5, 5.41) is 0.541. The Bertz CT molecular complexity index is 882. The number of rotatable bonds is 1. The average molecular weight is 382 g/mol. The van der Waals surface area contributed by atoms with Gasteiger partial charge in [0.25, 0.3) is 5.91 Å². The molecular weight excluding hydrogens is 354 g/mol. The first-order chi connectivity index (χ1) is 12.9. The lowest BCUT2D eigenvalue weighted by Gasteiger charge is -2.53. The van der Waals surface area contributed by atoms with Gasteiger partial charge in [-0.05, 0) is 67.9 Å². The van der Waals surface area contributed by atoms with Crippen LogP contribution in [0, 0.1) is 13.8 Å². The van der Waals surface area contributed by atoms with Gasteiger partial charge in [0.15, 0.2) is 0 Å². The monoisotopic (exact) mass is 381 g/mol. The number of hydrogen-bond acceptors (Lipinski definition) is 1. The maximum absolute atomic E-state index is 13.9. The van der Waals surface area contributed by atoms with Crippen LogP contribution in [-0.4, -0.2) is 11.4 Å². The number of amides is 1. The number of carbonyl (C=O) groups is 1. The lowest BCUT2D eigenvalue weighted by atomic mass is 9.69. The molecule has 0 radical (unpaired) electrons. The first-order valence-corrected chi connectivity index (χ1v) is 10.5. The third-order valence-corrected chi connectivity index (χ3v) is 6.93. The number of benzene rings is 2. The Balaban J connectivity index is 1.94. The van der Waals surface area contributed by atoms with Crippen LogP contribution < -0.4 is 4.90 Å². The number of aryl methyl sites for hydroxylation is 2. The van der Waals surface area contributed by atoms with Crippen LogP contribution in [-0.2, 0) is 0 Å². The van der Waals surface area contributed by atoms with Crippen molar-refractivity contribution in [2.24, 2.45) is 0 Å². The van der Waals surface area contributed by atoms with Gasteiger partial charge >= 0.3 is 0 Å². The van der Waals surface area contributed by atoms with Crippen molar-refractivity contribution >= 4 is 23.2 Å². The van der Waals surface area contributed by atoms with E-state index < -0.39 is 0 Å². The van der Waals surface area contributed by atoms with Gasteiger partial charge in [-0.3, -0.25) is 4.79 Å². The molecule has 1 amide bonds. The van der Waals surface area contributed by atoms with Crippen LogP contribution in [0.1, 0.15) is 78.4 Å². The summed E-state index contributed by atoms with van der Waals surface area (Å²) in [7, 11) is 0. The first-order valence-electron chi connectivity index (χ1n) is 10.1. The third-order valence-electron chi connectivity index (χ3n) is 6.61. The Morgan fingerprint density at radius 2 is 1.70 bits per heavy atom. The number of anilines is 1. The van der Waals surface area contributed by atoms with Gasteiger partial charge in [-0.2, -0.15) is 0 Å². The van der Waals surface area contributed by atoms with Crippen molar-refractivity contribution < 1.29 is 4.79 Å². The van der Waals surface area contributed by atoms with Crippen molar-refractivity contribution in [2.45, 2.75) is 70.8 Å². The second-order valence-electron chi connectivity index (χ2n) is 8.47. The predicted octanol–water partition coefficient (Wildman–Crippen LogP) is 6.81. The van der Waals surface area contributed by atoms with Crippen LogP contribution >= 0.6 is 11.6 Å². The van der Waals surface area contributed by atoms with E-state index in [1.54, 1.807) is 0 Å². The molecule has 1 fully saturated rings. The highest BCUT2D eigenvalue weighted by atomic mass is 35.5. The molecule has 2 nitrogen and oxygen atoms in total. The van der Waals surface area contributed by atoms with Crippen LogP contribution in [0.3, 0.4) is 0 Å². The average Bonchev–Trinajstić information content (AvgIpc) is 2.65. The number of halogens is 1. The van der Waals surface area contributed by atoms with Gasteiger partial charge in [-0.15, -0.1) is 0 Å². The van der Waals surface area contributed by atoms with E-state index in [-0.39, 0.29) is 11.4 Å². The van der Waals surface area contributed by atoms with Gasteiger partial charge in [0, 0.05) is 5.54 Å². The zero-order valence-electron chi connectivity index (χ0n) is 16.5. The molecule has 1 aliphatic carbocycles. The minimum atomic E-state index is -0.0839. The molecule has 0 N–H and O–H groups in total. The zero-order chi connectivity index (χ0) is 19.2. The molecule has 2 aliphatic rings. The predicted molar refractivity (Wildman–Crippen MR) is 113 cm³/mol. The molecule has 3 heteroatoms.